The summed E-state index contributed by atoms with van der Waals surface area (Å²) in [6.45, 7) is 1.98. The van der Waals surface area contributed by atoms with Gasteiger partial charge >= 0.3 is 0 Å². The topological polar surface area (TPSA) is 119 Å². The second-order valence-electron chi connectivity index (χ2n) is 8.12. The zero-order valence-corrected chi connectivity index (χ0v) is 19.1. The first-order valence-electron chi connectivity index (χ1n) is 11.0. The van der Waals surface area contributed by atoms with Crippen molar-refractivity contribution in [1.82, 2.24) is 31.9 Å². The Morgan fingerprint density at radius 2 is 2.24 bits per heavy atom. The van der Waals surface area contributed by atoms with Crippen molar-refractivity contribution in [2.45, 2.75) is 32.1 Å². The van der Waals surface area contributed by atoms with E-state index >= 15 is 0 Å². The van der Waals surface area contributed by atoms with Gasteiger partial charge < -0.3 is 20.8 Å². The van der Waals surface area contributed by atoms with Gasteiger partial charge in [0.05, 0.1) is 10.7 Å². The van der Waals surface area contributed by atoms with Gasteiger partial charge in [0.2, 0.25) is 6.29 Å². The lowest BCUT2D eigenvalue weighted by molar-refractivity contribution is -0.131. The second kappa shape index (κ2) is 9.24. The number of nitrogens with zero attached hydrogens (tertiary/aromatic N) is 2. The number of carbonyl (C=O) groups is 2. The van der Waals surface area contributed by atoms with Gasteiger partial charge in [-0.25, -0.2) is 15.4 Å². The molecule has 0 bridgehead atoms. The third-order valence-corrected chi connectivity index (χ3v) is 5.84. The molecule has 3 aliphatic heterocycles. The van der Waals surface area contributed by atoms with E-state index in [2.05, 4.69) is 44.1 Å². The van der Waals surface area contributed by atoms with Crippen molar-refractivity contribution >= 4 is 29.3 Å². The molecule has 5 rings (SSSR count). The van der Waals surface area contributed by atoms with Crippen LogP contribution in [0.15, 0.2) is 70.7 Å². The third-order valence-electron chi connectivity index (χ3n) is 5.53. The molecule has 1 aromatic carbocycles. The van der Waals surface area contributed by atoms with Gasteiger partial charge in [-0.2, -0.15) is 0 Å². The van der Waals surface area contributed by atoms with Crippen LogP contribution in [0.25, 0.3) is 0 Å². The Labute approximate surface area is 201 Å². The molecule has 0 saturated heterocycles. The molecule has 4 aliphatic rings. The molecule has 11 heteroatoms. The fourth-order valence-corrected chi connectivity index (χ4v) is 4.13. The van der Waals surface area contributed by atoms with Gasteiger partial charge in [-0.1, -0.05) is 35.9 Å². The van der Waals surface area contributed by atoms with E-state index in [-0.39, 0.29) is 29.1 Å². The van der Waals surface area contributed by atoms with Crippen LogP contribution in [0.2, 0.25) is 5.02 Å². The fraction of sp³-hybridized carbons (Fsp3) is 0.261. The normalized spacial score (nSPS) is 23.0. The Kier molecular flexibility index (Phi) is 5.99. The molecule has 2 unspecified atom stereocenters. The van der Waals surface area contributed by atoms with Gasteiger partial charge in [-0.3, -0.25) is 15.0 Å². The predicted octanol–water partition coefficient (Wildman–Crippen LogP) is 1.58. The first-order valence-corrected chi connectivity index (χ1v) is 11.3. The Hall–Kier alpha value is -3.76. The molecule has 10 nitrogen and oxygen atoms in total. The highest BCUT2D eigenvalue weighted by molar-refractivity contribution is 6.34. The predicted molar refractivity (Wildman–Crippen MR) is 127 cm³/mol. The van der Waals surface area contributed by atoms with Crippen LogP contribution in [-0.4, -0.2) is 41.6 Å². The maximum atomic E-state index is 12.9. The summed E-state index contributed by atoms with van der Waals surface area (Å²) in [7, 11) is 0. The van der Waals surface area contributed by atoms with E-state index in [1.165, 1.54) is 11.1 Å². The minimum Gasteiger partial charge on any atom is -0.487 e. The number of hydrogen-bond acceptors (Lipinski definition) is 8. The highest BCUT2D eigenvalue weighted by atomic mass is 35.5. The SMILES string of the molecule is CC1C=C(NC(=O)c2c(Cl)cccc2OCC2=CC(=O)N3NC(C4=CCCC=C4)=NC3N2)NN1. The maximum Gasteiger partial charge on any atom is 0.270 e. The molecule has 176 valence electrons. The number of fused-ring (bicyclic) bond motifs is 1. The Bertz CT molecular complexity index is 1190. The average Bonchev–Trinajstić information content (AvgIpc) is 3.44. The number of carbonyl (C=O) groups excluding carboxylic acids is 2. The van der Waals surface area contributed by atoms with E-state index in [0.29, 0.717) is 23.1 Å². The molecule has 2 atom stereocenters. The zero-order valence-electron chi connectivity index (χ0n) is 18.4. The molecule has 0 spiro atoms. The first-order chi connectivity index (χ1) is 16.5. The molecule has 0 radical (unpaired) electrons. The molecule has 0 fully saturated rings. The smallest absolute Gasteiger partial charge is 0.270 e. The van der Waals surface area contributed by atoms with E-state index in [1.807, 2.05) is 19.1 Å². The van der Waals surface area contributed by atoms with Crippen molar-refractivity contribution in [1.29, 1.82) is 0 Å². The summed E-state index contributed by atoms with van der Waals surface area (Å²) >= 11 is 6.32. The Morgan fingerprint density at radius 3 is 3.00 bits per heavy atom. The lowest BCUT2D eigenvalue weighted by Crippen LogP contribution is -2.53. The standard InChI is InChI=1S/C23H24ClN7O3/c1-13-10-18(29-28-13)26-22(33)20-16(24)8-5-9-17(20)34-12-15-11-19(32)31-23(25-15)27-21(30-31)14-6-3-2-4-7-14/h3,5-11,13,23,25,28-29H,2,4,12H2,1H3,(H,26,33)(H,27,30). The van der Waals surface area contributed by atoms with E-state index in [1.54, 1.807) is 18.2 Å². The van der Waals surface area contributed by atoms with Crippen molar-refractivity contribution in [2.75, 3.05) is 6.61 Å². The summed E-state index contributed by atoms with van der Waals surface area (Å²) in [5.74, 6) is 0.826. The molecule has 34 heavy (non-hydrogen) atoms. The van der Waals surface area contributed by atoms with Crippen LogP contribution in [0.1, 0.15) is 30.1 Å². The number of rotatable bonds is 6. The number of amidine groups is 1. The number of allylic oxidation sites excluding steroid dienone is 2. The minimum absolute atomic E-state index is 0.0314. The van der Waals surface area contributed by atoms with Gasteiger partial charge in [-0.05, 0) is 38.0 Å². The number of halogens is 1. The van der Waals surface area contributed by atoms with Gasteiger partial charge in [0.1, 0.15) is 23.7 Å². The van der Waals surface area contributed by atoms with Crippen LogP contribution >= 0.6 is 11.6 Å². The summed E-state index contributed by atoms with van der Waals surface area (Å²) in [6.07, 6.45) is 10.8. The van der Waals surface area contributed by atoms with E-state index in [0.717, 1.165) is 18.4 Å². The molecule has 2 amide bonds. The Morgan fingerprint density at radius 1 is 1.35 bits per heavy atom. The van der Waals surface area contributed by atoms with E-state index in [4.69, 9.17) is 16.3 Å². The molecule has 3 heterocycles. The first kappa shape index (κ1) is 22.1. The van der Waals surface area contributed by atoms with Crippen LogP contribution in [0.3, 0.4) is 0 Å². The summed E-state index contributed by atoms with van der Waals surface area (Å²) in [5.41, 5.74) is 10.6. The lowest BCUT2D eigenvalue weighted by Gasteiger charge is -2.29. The summed E-state index contributed by atoms with van der Waals surface area (Å²) in [5, 5.41) is 7.65. The minimum atomic E-state index is -0.584. The van der Waals surface area contributed by atoms with Gasteiger partial charge in [0.25, 0.3) is 11.8 Å². The second-order valence-corrected chi connectivity index (χ2v) is 8.53. The molecule has 1 aromatic rings. The molecule has 0 saturated carbocycles. The highest BCUT2D eigenvalue weighted by Gasteiger charge is 2.34. The monoisotopic (exact) mass is 481 g/mol. The number of benzene rings is 1. The van der Waals surface area contributed by atoms with E-state index < -0.39 is 12.2 Å². The highest BCUT2D eigenvalue weighted by Crippen LogP contribution is 2.27. The fourth-order valence-electron chi connectivity index (χ4n) is 3.88. The molecular formula is C23H24ClN7O3. The number of hydrogen-bond donors (Lipinski definition) is 5. The molecular weight excluding hydrogens is 458 g/mol. The zero-order chi connectivity index (χ0) is 23.7. The number of amides is 2. The van der Waals surface area contributed by atoms with Crippen LogP contribution in [0.4, 0.5) is 0 Å². The van der Waals surface area contributed by atoms with Crippen LogP contribution in [-0.2, 0) is 4.79 Å². The van der Waals surface area contributed by atoms with Crippen LogP contribution < -0.4 is 31.6 Å². The number of ether oxygens (including phenoxy) is 1. The van der Waals surface area contributed by atoms with Crippen molar-refractivity contribution in [3.63, 3.8) is 0 Å². The largest absolute Gasteiger partial charge is 0.487 e. The lowest BCUT2D eigenvalue weighted by atomic mass is 10.1. The van der Waals surface area contributed by atoms with Crippen molar-refractivity contribution in [2.24, 2.45) is 4.99 Å². The van der Waals surface area contributed by atoms with E-state index in [9.17, 15) is 9.59 Å². The molecule has 5 N–H and O–H groups in total. The number of nitrogens with one attached hydrogen (secondary N) is 5. The third kappa shape index (κ3) is 4.50. The average molecular weight is 482 g/mol. The number of hydrazine groups is 2. The van der Waals surface area contributed by atoms with Crippen LogP contribution in [0, 0.1) is 0 Å². The van der Waals surface area contributed by atoms with Gasteiger partial charge in [0.15, 0.2) is 5.84 Å². The van der Waals surface area contributed by atoms with Crippen molar-refractivity contribution in [3.05, 3.63) is 76.3 Å². The molecule has 1 aliphatic carbocycles. The van der Waals surface area contributed by atoms with Crippen LogP contribution in [0.5, 0.6) is 5.75 Å². The maximum absolute atomic E-state index is 12.9. The molecule has 0 aromatic heterocycles. The van der Waals surface area contributed by atoms with Crippen molar-refractivity contribution < 1.29 is 14.3 Å². The van der Waals surface area contributed by atoms with Gasteiger partial charge in [-0.15, -0.1) is 0 Å². The summed E-state index contributed by atoms with van der Waals surface area (Å²) in [4.78, 5) is 30.1. The summed E-state index contributed by atoms with van der Waals surface area (Å²) in [6, 6.07) is 5.06. The quantitative estimate of drug-likeness (QED) is 0.418. The van der Waals surface area contributed by atoms with Crippen molar-refractivity contribution in [3.8, 4) is 5.75 Å². The summed E-state index contributed by atoms with van der Waals surface area (Å²) < 4.78 is 5.91. The number of aliphatic imine (C=N–C) groups is 1. The Balaban J connectivity index is 1.27. The van der Waals surface area contributed by atoms with Gasteiger partial charge in [0, 0.05) is 17.7 Å².